The summed E-state index contributed by atoms with van der Waals surface area (Å²) in [6.45, 7) is 2.07. The van der Waals surface area contributed by atoms with Gasteiger partial charge in [0.25, 0.3) is 0 Å². The van der Waals surface area contributed by atoms with Crippen LogP contribution in [0.1, 0.15) is 17.3 Å². The molecule has 3 aromatic rings. The smallest absolute Gasteiger partial charge is 0.343 e. The number of anilines is 1. The van der Waals surface area contributed by atoms with Gasteiger partial charge in [-0.2, -0.15) is 0 Å². The van der Waals surface area contributed by atoms with Crippen molar-refractivity contribution in [2.45, 2.75) is 19.1 Å². The molecule has 9 nitrogen and oxygen atoms in total. The lowest BCUT2D eigenvalue weighted by molar-refractivity contribution is 0.0524. The molecule has 1 aliphatic rings. The van der Waals surface area contributed by atoms with Crippen LogP contribution >= 0.6 is 11.3 Å². The first-order valence-electron chi connectivity index (χ1n) is 8.92. The summed E-state index contributed by atoms with van der Waals surface area (Å²) in [4.78, 5) is 35.2. The van der Waals surface area contributed by atoms with Crippen molar-refractivity contribution in [1.29, 1.82) is 0 Å². The molecule has 0 bridgehead atoms. The monoisotopic (exact) mass is 419 g/mol. The number of fused-ring (bicyclic) bond motifs is 1. The van der Waals surface area contributed by atoms with E-state index in [9.17, 15) is 19.1 Å². The molecule has 0 aliphatic carbocycles. The van der Waals surface area contributed by atoms with Crippen molar-refractivity contribution < 1.29 is 19.0 Å². The molecule has 3 aromatic heterocycles. The Balaban J connectivity index is 1.96. The minimum atomic E-state index is -0.806. The summed E-state index contributed by atoms with van der Waals surface area (Å²) in [5.41, 5.74) is 5.06. The lowest BCUT2D eigenvalue weighted by Crippen LogP contribution is -2.32. The number of nitrogens with zero attached hydrogens (tertiary/aromatic N) is 4. The molecule has 1 aliphatic heterocycles. The average Bonchev–Trinajstić information content (AvgIpc) is 3.33. The van der Waals surface area contributed by atoms with Crippen LogP contribution in [0.4, 0.5) is 10.2 Å². The van der Waals surface area contributed by atoms with Gasteiger partial charge in [0.05, 0.1) is 18.1 Å². The molecule has 0 unspecified atom stereocenters. The van der Waals surface area contributed by atoms with E-state index in [4.69, 9.17) is 10.5 Å². The number of halogens is 1. The first-order valence-corrected chi connectivity index (χ1v) is 9.80. The van der Waals surface area contributed by atoms with Gasteiger partial charge >= 0.3 is 5.97 Å². The number of hydrogen-bond donors (Lipinski definition) is 2. The zero-order chi connectivity index (χ0) is 20.7. The van der Waals surface area contributed by atoms with E-state index in [0.717, 1.165) is 6.07 Å². The van der Waals surface area contributed by atoms with Gasteiger partial charge in [0.2, 0.25) is 5.43 Å². The normalized spacial score (nSPS) is 19.1. The summed E-state index contributed by atoms with van der Waals surface area (Å²) >= 11 is 1.26. The fraction of sp³-hybridized carbons (Fsp3) is 0.333. The molecule has 29 heavy (non-hydrogen) atoms. The minimum absolute atomic E-state index is 0.0295. The van der Waals surface area contributed by atoms with E-state index in [1.165, 1.54) is 27.0 Å². The van der Waals surface area contributed by atoms with Crippen LogP contribution in [0, 0.1) is 5.82 Å². The highest BCUT2D eigenvalue weighted by Gasteiger charge is 2.31. The van der Waals surface area contributed by atoms with Crippen molar-refractivity contribution in [2.24, 2.45) is 5.73 Å². The van der Waals surface area contributed by atoms with Crippen molar-refractivity contribution in [3.63, 3.8) is 0 Å². The number of carbonyl (C=O) groups is 1. The number of ether oxygens (including phenoxy) is 1. The minimum Gasteiger partial charge on any atom is -0.462 e. The van der Waals surface area contributed by atoms with Gasteiger partial charge in [-0.05, 0) is 13.0 Å². The summed E-state index contributed by atoms with van der Waals surface area (Å²) in [5, 5.41) is 12.0. The molecule has 0 aromatic carbocycles. The van der Waals surface area contributed by atoms with Crippen LogP contribution in [0.15, 0.2) is 28.6 Å². The Morgan fingerprint density at radius 1 is 1.48 bits per heavy atom. The summed E-state index contributed by atoms with van der Waals surface area (Å²) in [7, 11) is 0. The quantitative estimate of drug-likeness (QED) is 0.592. The zero-order valence-electron chi connectivity index (χ0n) is 15.4. The van der Waals surface area contributed by atoms with Gasteiger partial charge in [0.15, 0.2) is 22.4 Å². The first kappa shape index (κ1) is 19.4. The number of nitrogens with two attached hydrogens (primary N) is 1. The predicted molar refractivity (Wildman–Crippen MR) is 105 cm³/mol. The Hall–Kier alpha value is -2.89. The number of carbonyl (C=O) groups excluding carboxylic acids is 1. The van der Waals surface area contributed by atoms with Crippen LogP contribution in [0.25, 0.3) is 16.2 Å². The Kier molecular flexibility index (Phi) is 5.03. The van der Waals surface area contributed by atoms with E-state index in [-0.39, 0.29) is 42.1 Å². The van der Waals surface area contributed by atoms with Gasteiger partial charge in [-0.15, -0.1) is 11.3 Å². The highest BCUT2D eigenvalue weighted by Crippen LogP contribution is 2.26. The van der Waals surface area contributed by atoms with Gasteiger partial charge in [0, 0.05) is 36.9 Å². The molecule has 4 heterocycles. The number of aliphatic hydroxyl groups is 1. The van der Waals surface area contributed by atoms with Gasteiger partial charge < -0.3 is 20.5 Å². The number of thiazole rings is 1. The highest BCUT2D eigenvalue weighted by atomic mass is 32.1. The molecule has 2 atom stereocenters. The van der Waals surface area contributed by atoms with E-state index in [1.807, 2.05) is 0 Å². The van der Waals surface area contributed by atoms with Gasteiger partial charge in [-0.25, -0.2) is 19.2 Å². The maximum absolute atomic E-state index is 14.9. The molecule has 1 fully saturated rings. The molecule has 0 amide bonds. The molecule has 1 saturated heterocycles. The van der Waals surface area contributed by atoms with Gasteiger partial charge in [-0.1, -0.05) is 0 Å². The maximum atomic E-state index is 14.9. The summed E-state index contributed by atoms with van der Waals surface area (Å²) in [6.07, 6.45) is 2.06. The van der Waals surface area contributed by atoms with Gasteiger partial charge in [-0.3, -0.25) is 9.36 Å². The number of hydrogen-bond acceptors (Lipinski definition) is 9. The second kappa shape index (κ2) is 7.50. The van der Waals surface area contributed by atoms with Crippen molar-refractivity contribution in [3.8, 4) is 5.13 Å². The lowest BCUT2D eigenvalue weighted by Gasteiger charge is -2.19. The maximum Gasteiger partial charge on any atom is 0.343 e. The number of pyridine rings is 2. The molecule has 11 heteroatoms. The van der Waals surface area contributed by atoms with Crippen LogP contribution in [-0.2, 0) is 4.74 Å². The number of esters is 1. The fourth-order valence-corrected chi connectivity index (χ4v) is 3.87. The SMILES string of the molecule is CCOC(=O)c1cn(-c2nccs2)c2nc(N3C[C@H](N)[C@@H](O)C3)c(F)cc2c1=O. The highest BCUT2D eigenvalue weighted by molar-refractivity contribution is 7.12. The first-order chi connectivity index (χ1) is 13.9. The van der Waals surface area contributed by atoms with E-state index < -0.39 is 29.4 Å². The fourth-order valence-electron chi connectivity index (χ4n) is 3.26. The molecular weight excluding hydrogens is 401 g/mol. The lowest BCUT2D eigenvalue weighted by atomic mass is 10.2. The second-order valence-corrected chi connectivity index (χ2v) is 7.45. The van der Waals surface area contributed by atoms with E-state index in [2.05, 4.69) is 9.97 Å². The average molecular weight is 419 g/mol. The van der Waals surface area contributed by atoms with Crippen molar-refractivity contribution in [2.75, 3.05) is 24.6 Å². The molecule has 3 N–H and O–H groups in total. The molecule has 0 saturated carbocycles. The topological polar surface area (TPSA) is 124 Å². The molecule has 0 spiro atoms. The van der Waals surface area contributed by atoms with Crippen molar-refractivity contribution >= 4 is 34.2 Å². The van der Waals surface area contributed by atoms with Crippen LogP contribution in [0.3, 0.4) is 0 Å². The largest absolute Gasteiger partial charge is 0.462 e. The van der Waals surface area contributed by atoms with E-state index in [0.29, 0.717) is 5.13 Å². The Bertz CT molecular complexity index is 1120. The van der Waals surface area contributed by atoms with Crippen LogP contribution in [0.5, 0.6) is 0 Å². The molecule has 0 radical (unpaired) electrons. The molecular formula is C18H18FN5O4S. The summed E-state index contributed by atoms with van der Waals surface area (Å²) in [5.74, 6) is -1.58. The Morgan fingerprint density at radius 3 is 2.90 bits per heavy atom. The number of β-amino-alcohol motifs (C(OH)–C–C–N with tert-alkyl or cyclic N) is 1. The summed E-state index contributed by atoms with van der Waals surface area (Å²) in [6, 6.07) is 0.516. The predicted octanol–water partition coefficient (Wildman–Crippen LogP) is 0.666. The third-order valence-corrected chi connectivity index (χ3v) is 5.44. The van der Waals surface area contributed by atoms with Crippen LogP contribution in [-0.4, -0.2) is 57.5 Å². The third kappa shape index (κ3) is 3.37. The number of rotatable bonds is 4. The standard InChI is InChI=1S/C18H18FN5O4S/c1-2-28-17(27)10-6-24(18-21-3-4-29-18)15-9(14(10)26)5-11(19)16(22-15)23-7-12(20)13(25)8-23/h3-6,12-13,25H,2,7-8,20H2,1H3/t12-,13-/m0/s1. The zero-order valence-corrected chi connectivity index (χ0v) is 16.2. The van der Waals surface area contributed by atoms with Crippen molar-refractivity contribution in [1.82, 2.24) is 14.5 Å². The van der Waals surface area contributed by atoms with Crippen molar-refractivity contribution in [3.05, 3.63) is 45.4 Å². The number of aromatic nitrogens is 3. The van der Waals surface area contributed by atoms with Crippen LogP contribution in [0.2, 0.25) is 0 Å². The van der Waals surface area contributed by atoms with E-state index >= 15 is 0 Å². The van der Waals surface area contributed by atoms with Gasteiger partial charge in [0.1, 0.15) is 5.56 Å². The van der Waals surface area contributed by atoms with Crippen LogP contribution < -0.4 is 16.1 Å². The molecule has 152 valence electrons. The van der Waals surface area contributed by atoms with E-state index in [1.54, 1.807) is 18.5 Å². The second-order valence-electron chi connectivity index (χ2n) is 6.58. The third-order valence-electron chi connectivity index (χ3n) is 4.67. The summed E-state index contributed by atoms with van der Waals surface area (Å²) < 4.78 is 21.3. The molecule has 4 rings (SSSR count). The Labute approximate surface area is 168 Å². The Morgan fingerprint density at radius 2 is 2.28 bits per heavy atom. The number of aliphatic hydroxyl groups excluding tert-OH is 1.